The molecular weight excluding hydrogens is 228 g/mol. The second-order valence-corrected chi connectivity index (χ2v) is 3.62. The molecule has 1 rings (SSSR count). The van der Waals surface area contributed by atoms with Crippen molar-refractivity contribution in [3.8, 4) is 0 Å². The van der Waals surface area contributed by atoms with Crippen LogP contribution in [0.15, 0.2) is 24.3 Å². The van der Waals surface area contributed by atoms with E-state index in [4.69, 9.17) is 11.6 Å². The summed E-state index contributed by atoms with van der Waals surface area (Å²) in [6.45, 7) is 1.71. The normalized spacial score (nSPS) is 9.62. The van der Waals surface area contributed by atoms with Gasteiger partial charge in [0.05, 0.1) is 6.54 Å². The molecule has 0 aliphatic carbocycles. The van der Waals surface area contributed by atoms with E-state index in [1.165, 1.54) is 0 Å². The smallest absolute Gasteiger partial charge is 0.243 e. The summed E-state index contributed by atoms with van der Waals surface area (Å²) in [7, 11) is 0. The van der Waals surface area contributed by atoms with Crippen LogP contribution in [0.25, 0.3) is 0 Å². The van der Waals surface area contributed by atoms with Gasteiger partial charge in [0.25, 0.3) is 0 Å². The molecule has 5 heteroatoms. The fourth-order valence-corrected chi connectivity index (χ4v) is 1.17. The van der Waals surface area contributed by atoms with Crippen molar-refractivity contribution >= 4 is 29.1 Å². The fraction of sp³-hybridized carbons (Fsp3) is 0.273. The topological polar surface area (TPSA) is 58.2 Å². The minimum absolute atomic E-state index is 0.0186. The van der Waals surface area contributed by atoms with E-state index in [1.807, 2.05) is 0 Å². The van der Waals surface area contributed by atoms with Crippen LogP contribution in [0.5, 0.6) is 0 Å². The predicted octanol–water partition coefficient (Wildman–Crippen LogP) is 1.80. The van der Waals surface area contributed by atoms with Gasteiger partial charge in [0.1, 0.15) is 0 Å². The van der Waals surface area contributed by atoms with E-state index in [9.17, 15) is 9.59 Å². The lowest BCUT2D eigenvalue weighted by Crippen LogP contribution is -2.32. The number of hydrogen-bond acceptors (Lipinski definition) is 2. The van der Waals surface area contributed by atoms with Crippen molar-refractivity contribution < 1.29 is 9.59 Å². The van der Waals surface area contributed by atoms with Crippen molar-refractivity contribution in [1.82, 2.24) is 5.32 Å². The first-order valence-corrected chi connectivity index (χ1v) is 5.31. The second kappa shape index (κ2) is 6.12. The summed E-state index contributed by atoms with van der Waals surface area (Å²) in [6, 6.07) is 6.76. The Hall–Kier alpha value is -1.55. The number of benzene rings is 1. The van der Waals surface area contributed by atoms with Gasteiger partial charge in [-0.1, -0.05) is 18.5 Å². The minimum atomic E-state index is -0.260. The first-order chi connectivity index (χ1) is 7.61. The van der Waals surface area contributed by atoms with Crippen molar-refractivity contribution in [3.63, 3.8) is 0 Å². The van der Waals surface area contributed by atoms with E-state index in [1.54, 1.807) is 31.2 Å². The van der Waals surface area contributed by atoms with E-state index < -0.39 is 0 Å². The van der Waals surface area contributed by atoms with Crippen LogP contribution in [0.3, 0.4) is 0 Å². The van der Waals surface area contributed by atoms with Gasteiger partial charge >= 0.3 is 0 Å². The molecule has 0 spiro atoms. The Balaban J connectivity index is 2.40. The molecule has 0 atom stereocenters. The number of carbonyl (C=O) groups excluding carboxylic acids is 2. The van der Waals surface area contributed by atoms with Crippen molar-refractivity contribution in [3.05, 3.63) is 29.3 Å². The van der Waals surface area contributed by atoms with E-state index in [0.29, 0.717) is 17.1 Å². The van der Waals surface area contributed by atoms with Crippen molar-refractivity contribution in [2.24, 2.45) is 0 Å². The standard InChI is InChI=1S/C11H13ClN2O2/c1-2-10(15)13-7-11(16)14-9-5-3-8(12)4-6-9/h3-6H,2,7H2,1H3,(H,13,15)(H,14,16). The number of amides is 2. The van der Waals surface area contributed by atoms with Crippen LogP contribution in [-0.2, 0) is 9.59 Å². The molecule has 0 aliphatic heterocycles. The monoisotopic (exact) mass is 240 g/mol. The van der Waals surface area contributed by atoms with Crippen LogP contribution in [-0.4, -0.2) is 18.4 Å². The van der Waals surface area contributed by atoms with Crippen LogP contribution >= 0.6 is 11.6 Å². The van der Waals surface area contributed by atoms with E-state index in [0.717, 1.165) is 0 Å². The van der Waals surface area contributed by atoms with Gasteiger partial charge in [-0.3, -0.25) is 9.59 Å². The Morgan fingerprint density at radius 3 is 2.38 bits per heavy atom. The van der Waals surface area contributed by atoms with Crippen molar-refractivity contribution in [2.45, 2.75) is 13.3 Å². The molecule has 0 bridgehead atoms. The number of anilines is 1. The Bertz CT molecular complexity index is 376. The molecule has 0 aromatic heterocycles. The summed E-state index contributed by atoms with van der Waals surface area (Å²) < 4.78 is 0. The van der Waals surface area contributed by atoms with Gasteiger partial charge < -0.3 is 10.6 Å². The first-order valence-electron chi connectivity index (χ1n) is 4.94. The van der Waals surface area contributed by atoms with E-state index in [2.05, 4.69) is 10.6 Å². The maximum atomic E-state index is 11.4. The molecule has 0 saturated carbocycles. The molecule has 16 heavy (non-hydrogen) atoms. The number of rotatable bonds is 4. The average Bonchev–Trinajstić information content (AvgIpc) is 2.29. The average molecular weight is 241 g/mol. The molecule has 1 aromatic carbocycles. The van der Waals surface area contributed by atoms with E-state index in [-0.39, 0.29) is 18.4 Å². The summed E-state index contributed by atoms with van der Waals surface area (Å²) in [5.74, 6) is -0.407. The highest BCUT2D eigenvalue weighted by Gasteiger charge is 2.03. The highest BCUT2D eigenvalue weighted by atomic mass is 35.5. The quantitative estimate of drug-likeness (QED) is 0.843. The Morgan fingerprint density at radius 2 is 1.81 bits per heavy atom. The lowest BCUT2D eigenvalue weighted by atomic mass is 10.3. The fourth-order valence-electron chi connectivity index (χ4n) is 1.04. The molecule has 0 radical (unpaired) electrons. The van der Waals surface area contributed by atoms with Crippen LogP contribution < -0.4 is 10.6 Å². The van der Waals surface area contributed by atoms with Gasteiger partial charge in [0.15, 0.2) is 0 Å². The molecule has 2 N–H and O–H groups in total. The molecule has 0 heterocycles. The summed E-state index contributed by atoms with van der Waals surface area (Å²) >= 11 is 5.70. The third kappa shape index (κ3) is 4.31. The van der Waals surface area contributed by atoms with Crippen LogP contribution in [0.4, 0.5) is 5.69 Å². The summed E-state index contributed by atoms with van der Waals surface area (Å²) in [5, 5.41) is 5.73. The van der Waals surface area contributed by atoms with Crippen molar-refractivity contribution in [1.29, 1.82) is 0 Å². The zero-order chi connectivity index (χ0) is 12.0. The lowest BCUT2D eigenvalue weighted by Gasteiger charge is -2.06. The maximum Gasteiger partial charge on any atom is 0.243 e. The van der Waals surface area contributed by atoms with Gasteiger partial charge in [0.2, 0.25) is 11.8 Å². The SMILES string of the molecule is CCC(=O)NCC(=O)Nc1ccc(Cl)cc1. The van der Waals surface area contributed by atoms with Gasteiger partial charge in [-0.25, -0.2) is 0 Å². The van der Waals surface area contributed by atoms with Gasteiger partial charge in [0, 0.05) is 17.1 Å². The zero-order valence-corrected chi connectivity index (χ0v) is 9.67. The molecule has 86 valence electrons. The maximum absolute atomic E-state index is 11.4. The lowest BCUT2D eigenvalue weighted by molar-refractivity contribution is -0.123. The largest absolute Gasteiger partial charge is 0.347 e. The molecule has 1 aromatic rings. The summed E-state index contributed by atoms with van der Waals surface area (Å²) in [4.78, 5) is 22.3. The number of halogens is 1. The molecule has 0 saturated heterocycles. The third-order valence-corrected chi connectivity index (χ3v) is 2.15. The molecule has 2 amide bonds. The first kappa shape index (κ1) is 12.5. The zero-order valence-electron chi connectivity index (χ0n) is 8.92. The van der Waals surface area contributed by atoms with Gasteiger partial charge in [-0.05, 0) is 24.3 Å². The van der Waals surface area contributed by atoms with Crippen LogP contribution in [0, 0.1) is 0 Å². The predicted molar refractivity (Wildman–Crippen MR) is 63.4 cm³/mol. The van der Waals surface area contributed by atoms with E-state index >= 15 is 0 Å². The Kier molecular flexibility index (Phi) is 4.79. The molecular formula is C11H13ClN2O2. The van der Waals surface area contributed by atoms with Crippen LogP contribution in [0.1, 0.15) is 13.3 Å². The Labute approximate surface area is 99.0 Å². The Morgan fingerprint density at radius 1 is 1.19 bits per heavy atom. The third-order valence-electron chi connectivity index (χ3n) is 1.90. The summed E-state index contributed by atoms with van der Waals surface area (Å²) in [5.41, 5.74) is 0.653. The van der Waals surface area contributed by atoms with Crippen molar-refractivity contribution in [2.75, 3.05) is 11.9 Å². The van der Waals surface area contributed by atoms with Gasteiger partial charge in [-0.2, -0.15) is 0 Å². The second-order valence-electron chi connectivity index (χ2n) is 3.19. The number of carbonyl (C=O) groups is 2. The number of hydrogen-bond donors (Lipinski definition) is 2. The molecule has 4 nitrogen and oxygen atoms in total. The van der Waals surface area contributed by atoms with Gasteiger partial charge in [-0.15, -0.1) is 0 Å². The van der Waals surface area contributed by atoms with Crippen LogP contribution in [0.2, 0.25) is 5.02 Å². The molecule has 0 fully saturated rings. The molecule has 0 unspecified atom stereocenters. The highest BCUT2D eigenvalue weighted by molar-refractivity contribution is 6.30. The summed E-state index contributed by atoms with van der Waals surface area (Å²) in [6.07, 6.45) is 0.369. The molecule has 0 aliphatic rings. The number of nitrogens with one attached hydrogen (secondary N) is 2. The highest BCUT2D eigenvalue weighted by Crippen LogP contribution is 2.12. The minimum Gasteiger partial charge on any atom is -0.347 e.